The fraction of sp³-hybridized carbons (Fsp3) is 0.0714. The first-order valence-corrected chi connectivity index (χ1v) is 14.6. The van der Waals surface area contributed by atoms with Gasteiger partial charge in [-0.25, -0.2) is 13.2 Å². The lowest BCUT2D eigenvalue weighted by Gasteiger charge is -2.27. The van der Waals surface area contributed by atoms with Crippen LogP contribution >= 0.6 is 34.5 Å². The Morgan fingerprint density at radius 2 is 1.56 bits per heavy atom. The van der Waals surface area contributed by atoms with Crippen molar-refractivity contribution in [1.82, 2.24) is 4.57 Å². The van der Waals surface area contributed by atoms with Crippen LogP contribution in [0.4, 0.5) is 0 Å². The first kappa shape index (κ1) is 27.0. The number of carbonyl (C=O) groups excluding carboxylic acids is 1. The summed E-state index contributed by atoms with van der Waals surface area (Å²) in [6, 6.07) is 20.9. The number of thiazole rings is 1. The van der Waals surface area contributed by atoms with Crippen molar-refractivity contribution in [3.8, 4) is 0 Å². The van der Waals surface area contributed by atoms with Gasteiger partial charge in [0.15, 0.2) is 0 Å². The van der Waals surface area contributed by atoms with Crippen LogP contribution in [0.25, 0.3) is 17.5 Å². The number of halogens is 2. The second kappa shape index (κ2) is 10.5. The van der Waals surface area contributed by atoms with Crippen LogP contribution in [0.1, 0.15) is 17.0 Å². The minimum atomic E-state index is -4.29. The highest BCUT2D eigenvalue weighted by atomic mass is 35.5. The van der Waals surface area contributed by atoms with Crippen molar-refractivity contribution >= 4 is 67.8 Å². The summed E-state index contributed by atoms with van der Waals surface area (Å²) in [4.78, 5) is 26.7. The molecule has 3 aromatic carbocycles. The van der Waals surface area contributed by atoms with Crippen LogP contribution in [-0.2, 0) is 19.4 Å². The Hall–Kier alpha value is -3.63. The number of esters is 1. The summed E-state index contributed by atoms with van der Waals surface area (Å²) in [7, 11) is -3.10. The molecule has 5 rings (SSSR count). The molecule has 0 amide bonds. The molecular weight excluding hydrogens is 579 g/mol. The molecule has 39 heavy (non-hydrogen) atoms. The predicted octanol–water partition coefficient (Wildman–Crippen LogP) is 3.73. The molecule has 0 bridgehead atoms. The molecule has 198 valence electrons. The van der Waals surface area contributed by atoms with Gasteiger partial charge in [-0.05, 0) is 53.6 Å². The molecule has 2 heterocycles. The van der Waals surface area contributed by atoms with Crippen LogP contribution in [0.2, 0.25) is 10.0 Å². The molecule has 0 spiro atoms. The molecule has 0 saturated heterocycles. The number of fused-ring (bicyclic) bond motifs is 1. The average Bonchev–Trinajstić information content (AvgIpc) is 3.25. The van der Waals surface area contributed by atoms with Gasteiger partial charge in [-0.1, -0.05) is 65.7 Å². The Morgan fingerprint density at radius 3 is 2.15 bits per heavy atom. The molecule has 2 N–H and O–H groups in total. The zero-order valence-electron chi connectivity index (χ0n) is 20.3. The molecular formula is C28H20Cl2N2O5S2. The quantitative estimate of drug-likeness (QED) is 0.351. The van der Waals surface area contributed by atoms with Gasteiger partial charge in [0.1, 0.15) is 15.4 Å². The van der Waals surface area contributed by atoms with E-state index in [9.17, 15) is 18.0 Å². The zero-order chi connectivity index (χ0) is 27.9. The lowest BCUT2D eigenvalue weighted by Crippen LogP contribution is -2.41. The number of nitrogens with two attached hydrogens (primary N) is 1. The summed E-state index contributed by atoms with van der Waals surface area (Å²) >= 11 is 13.1. The number of nitrogens with zero attached hydrogens (tertiary/aromatic N) is 1. The molecule has 1 atom stereocenters. The van der Waals surface area contributed by atoms with Crippen molar-refractivity contribution in [2.24, 2.45) is 5.73 Å². The zero-order valence-corrected chi connectivity index (χ0v) is 23.4. The summed E-state index contributed by atoms with van der Waals surface area (Å²) in [6.45, 7) is 0. The van der Waals surface area contributed by atoms with Gasteiger partial charge in [-0.2, -0.15) is 0 Å². The topological polar surface area (TPSA) is 108 Å². The molecule has 0 fully saturated rings. The van der Waals surface area contributed by atoms with E-state index in [4.69, 9.17) is 33.7 Å². The van der Waals surface area contributed by atoms with E-state index in [1.807, 2.05) is 0 Å². The maximum atomic E-state index is 14.1. The minimum absolute atomic E-state index is 0.0265. The third-order valence-electron chi connectivity index (χ3n) is 6.22. The third-order valence-corrected chi connectivity index (χ3v) is 9.75. The maximum absolute atomic E-state index is 14.1. The SMILES string of the molecule is COC(=O)C1=c2sc(=Cc3ccc(Cl)cc3)c(=O)n2C(N)=C(S(=O)(=O)c2ccccc2)C1c1ccc(Cl)cc1. The Bertz CT molecular complexity index is 1910. The molecule has 0 aliphatic carbocycles. The van der Waals surface area contributed by atoms with E-state index in [1.165, 1.54) is 19.2 Å². The summed E-state index contributed by atoms with van der Waals surface area (Å²) in [6.07, 6.45) is 1.62. The molecule has 7 nitrogen and oxygen atoms in total. The molecule has 1 aliphatic rings. The van der Waals surface area contributed by atoms with Crippen LogP contribution in [-0.4, -0.2) is 26.1 Å². The number of benzene rings is 3. The third kappa shape index (κ3) is 4.83. The predicted molar refractivity (Wildman–Crippen MR) is 153 cm³/mol. The monoisotopic (exact) mass is 598 g/mol. The van der Waals surface area contributed by atoms with E-state index < -0.39 is 27.3 Å². The summed E-state index contributed by atoms with van der Waals surface area (Å²) < 4.78 is 34.8. The first-order valence-electron chi connectivity index (χ1n) is 11.5. The van der Waals surface area contributed by atoms with Gasteiger partial charge in [0.2, 0.25) is 9.84 Å². The number of hydrogen-bond donors (Lipinski definition) is 1. The van der Waals surface area contributed by atoms with Gasteiger partial charge in [0.05, 0.1) is 28.0 Å². The van der Waals surface area contributed by atoms with Crippen LogP contribution in [0, 0.1) is 0 Å². The Labute approximate surface area is 237 Å². The van der Waals surface area contributed by atoms with Crippen LogP contribution in [0.5, 0.6) is 0 Å². The van der Waals surface area contributed by atoms with Crippen LogP contribution in [0.3, 0.4) is 0 Å². The largest absolute Gasteiger partial charge is 0.466 e. The standard InChI is InChI=1S/C28H20Cl2N2O5S2/c1-37-28(34)23-22(17-9-13-19(30)14-10-17)24(39(35,36)20-5-3-2-4-6-20)25(31)32-26(33)21(38-27(23)32)15-16-7-11-18(29)12-8-16/h2-15,22H,31H2,1H3. The van der Waals surface area contributed by atoms with E-state index in [1.54, 1.807) is 72.8 Å². The fourth-order valence-electron chi connectivity index (χ4n) is 4.41. The molecule has 1 aliphatic heterocycles. The highest BCUT2D eigenvalue weighted by Gasteiger charge is 2.42. The highest BCUT2D eigenvalue weighted by Crippen LogP contribution is 2.42. The minimum Gasteiger partial charge on any atom is -0.466 e. The second-order valence-corrected chi connectivity index (χ2v) is 12.4. The smallest absolute Gasteiger partial charge is 0.337 e. The van der Waals surface area contributed by atoms with Crippen molar-refractivity contribution in [1.29, 1.82) is 0 Å². The molecule has 1 aromatic heterocycles. The van der Waals surface area contributed by atoms with Crippen molar-refractivity contribution in [3.63, 3.8) is 0 Å². The van der Waals surface area contributed by atoms with Gasteiger partial charge in [-0.3, -0.25) is 9.36 Å². The molecule has 4 aromatic rings. The Kier molecular flexibility index (Phi) is 7.26. The van der Waals surface area contributed by atoms with Crippen molar-refractivity contribution in [2.75, 3.05) is 7.11 Å². The Balaban J connectivity index is 1.92. The molecule has 11 heteroatoms. The lowest BCUT2D eigenvalue weighted by atomic mass is 9.89. The normalized spacial score (nSPS) is 15.8. The van der Waals surface area contributed by atoms with Crippen LogP contribution < -0.4 is 20.5 Å². The summed E-state index contributed by atoms with van der Waals surface area (Å²) in [5.41, 5.74) is 7.08. The lowest BCUT2D eigenvalue weighted by molar-refractivity contribution is -0.134. The first-order chi connectivity index (χ1) is 18.6. The van der Waals surface area contributed by atoms with Crippen molar-refractivity contribution < 1.29 is 17.9 Å². The van der Waals surface area contributed by atoms with Gasteiger partial charge >= 0.3 is 5.97 Å². The van der Waals surface area contributed by atoms with E-state index in [0.29, 0.717) is 21.2 Å². The fourth-order valence-corrected chi connectivity index (χ4v) is 7.53. The van der Waals surface area contributed by atoms with E-state index in [0.717, 1.165) is 15.9 Å². The van der Waals surface area contributed by atoms with Crippen molar-refractivity contribution in [2.45, 2.75) is 10.8 Å². The van der Waals surface area contributed by atoms with E-state index >= 15 is 0 Å². The number of allylic oxidation sites excluding steroid dienone is 1. The second-order valence-electron chi connectivity index (χ2n) is 8.56. The van der Waals surface area contributed by atoms with E-state index in [-0.39, 0.29) is 30.4 Å². The number of rotatable bonds is 5. The van der Waals surface area contributed by atoms with Crippen LogP contribution in [0.15, 0.2) is 93.5 Å². The Morgan fingerprint density at radius 1 is 0.974 bits per heavy atom. The van der Waals surface area contributed by atoms with Crippen molar-refractivity contribution in [3.05, 3.63) is 124 Å². The molecule has 0 radical (unpaired) electrons. The van der Waals surface area contributed by atoms with Gasteiger partial charge in [0.25, 0.3) is 5.56 Å². The maximum Gasteiger partial charge on any atom is 0.337 e. The summed E-state index contributed by atoms with van der Waals surface area (Å²) in [5, 5.41) is 0.955. The summed E-state index contributed by atoms with van der Waals surface area (Å²) in [5.74, 6) is -2.25. The van der Waals surface area contributed by atoms with Gasteiger partial charge in [0, 0.05) is 10.0 Å². The van der Waals surface area contributed by atoms with Gasteiger partial charge in [-0.15, -0.1) is 11.3 Å². The van der Waals surface area contributed by atoms with E-state index in [2.05, 4.69) is 0 Å². The number of ether oxygens (including phenoxy) is 1. The number of sulfone groups is 1. The number of aromatic nitrogens is 1. The number of hydrogen-bond acceptors (Lipinski definition) is 7. The van der Waals surface area contributed by atoms with Gasteiger partial charge < -0.3 is 10.5 Å². The number of carbonyl (C=O) groups is 1. The number of methoxy groups -OCH3 is 1. The average molecular weight is 600 g/mol. The highest BCUT2D eigenvalue weighted by molar-refractivity contribution is 7.95. The molecule has 0 saturated carbocycles. The molecule has 1 unspecified atom stereocenters.